The van der Waals surface area contributed by atoms with Crippen molar-refractivity contribution in [2.45, 2.75) is 38.0 Å². The summed E-state index contributed by atoms with van der Waals surface area (Å²) in [5, 5.41) is 15.9. The van der Waals surface area contributed by atoms with Gasteiger partial charge in [0.05, 0.1) is 17.0 Å². The number of H-pyrrole nitrogens is 1. The van der Waals surface area contributed by atoms with E-state index in [1.54, 1.807) is 31.3 Å². The average Bonchev–Trinajstić information content (AvgIpc) is 3.39. The Labute approximate surface area is 247 Å². The number of para-hydroxylation sites is 2. The normalized spacial score (nSPS) is 14.3. The second kappa shape index (κ2) is 11.9. The van der Waals surface area contributed by atoms with Crippen molar-refractivity contribution in [2.75, 3.05) is 19.6 Å². The quantitative estimate of drug-likeness (QED) is 0.196. The number of likely N-dealkylation sites (tertiary alicyclic amines) is 1. The van der Waals surface area contributed by atoms with Crippen LogP contribution in [0.3, 0.4) is 0 Å². The Hall–Kier alpha value is -4.66. The van der Waals surface area contributed by atoms with Crippen molar-refractivity contribution in [3.63, 3.8) is 0 Å². The van der Waals surface area contributed by atoms with Gasteiger partial charge in [0.2, 0.25) is 0 Å². The number of hydrogen-bond acceptors (Lipinski definition) is 3. The number of aromatic amines is 1. The summed E-state index contributed by atoms with van der Waals surface area (Å²) in [5.74, 6) is -2.76. The molecule has 1 saturated heterocycles. The van der Waals surface area contributed by atoms with E-state index in [1.165, 1.54) is 4.57 Å². The third kappa shape index (κ3) is 5.35. The van der Waals surface area contributed by atoms with E-state index in [9.17, 15) is 19.1 Å². The second-order valence-electron chi connectivity index (χ2n) is 11.2. The number of fused-ring (bicyclic) bond motifs is 2. The van der Waals surface area contributed by atoms with E-state index in [0.717, 1.165) is 67.0 Å². The van der Waals surface area contributed by atoms with Crippen LogP contribution >= 0.6 is 0 Å². The van der Waals surface area contributed by atoms with E-state index in [2.05, 4.69) is 10.3 Å². The van der Waals surface area contributed by atoms with Crippen molar-refractivity contribution < 1.29 is 18.7 Å². The molecule has 2 amide bonds. The highest BCUT2D eigenvalue weighted by Gasteiger charge is 2.32. The lowest BCUT2D eigenvalue weighted by Crippen LogP contribution is -2.43. The van der Waals surface area contributed by atoms with Crippen LogP contribution in [0.2, 0.25) is 0 Å². The van der Waals surface area contributed by atoms with Gasteiger partial charge in [-0.3, -0.25) is 4.79 Å². The molecular weight excluding hydrogens is 550 g/mol. The van der Waals surface area contributed by atoms with Gasteiger partial charge in [-0.05, 0) is 74.1 Å². The number of nitrogens with zero attached hydrogens (tertiary/aromatic N) is 2. The minimum atomic E-state index is -1.13. The summed E-state index contributed by atoms with van der Waals surface area (Å²) >= 11 is 0. The topological polar surface area (TPSA) is 90.4 Å². The van der Waals surface area contributed by atoms with E-state index in [0.29, 0.717) is 36.0 Å². The van der Waals surface area contributed by atoms with Gasteiger partial charge < -0.3 is 24.9 Å². The van der Waals surface area contributed by atoms with Gasteiger partial charge in [-0.15, -0.1) is 0 Å². The minimum Gasteiger partial charge on any atom is -0.507 e. The number of urea groups is 1. The number of pyridine rings is 1. The van der Waals surface area contributed by atoms with Gasteiger partial charge in [0.15, 0.2) is 0 Å². The summed E-state index contributed by atoms with van der Waals surface area (Å²) in [6.45, 7) is 1.93. The number of halogens is 2. The molecule has 7 nitrogen and oxygen atoms in total. The number of nitrogens with one attached hydrogen (secondary N) is 2. The summed E-state index contributed by atoms with van der Waals surface area (Å²) in [6, 6.07) is 17.6. The Kier molecular flexibility index (Phi) is 7.88. The standard InChI is InChI=1S/C34H34F2N4O3/c1-39-28-14-6-4-11-24(28)32(41)30(33(39)42)29(25-20-21(35)15-16-26(25)36)31-23(22-10-3-5-13-27(22)38-31)12-9-17-37-34(43)40-18-7-2-8-19-40/h3-6,10-11,13-16,20,29,38,41H,2,7-9,12,17-19H2,1H3,(H,37,43). The molecule has 222 valence electrons. The zero-order valence-corrected chi connectivity index (χ0v) is 24.0. The van der Waals surface area contributed by atoms with E-state index in [4.69, 9.17) is 0 Å². The smallest absolute Gasteiger partial charge is 0.317 e. The van der Waals surface area contributed by atoms with Crippen LogP contribution in [-0.4, -0.2) is 45.2 Å². The molecule has 6 rings (SSSR count). The summed E-state index contributed by atoms with van der Waals surface area (Å²) in [4.78, 5) is 31.8. The molecule has 9 heteroatoms. The van der Waals surface area contributed by atoms with Gasteiger partial charge in [-0.1, -0.05) is 30.3 Å². The number of aromatic hydroxyl groups is 1. The molecule has 1 atom stereocenters. The van der Waals surface area contributed by atoms with Gasteiger partial charge in [-0.2, -0.15) is 0 Å². The zero-order valence-electron chi connectivity index (χ0n) is 24.0. The maximum absolute atomic E-state index is 15.6. The van der Waals surface area contributed by atoms with Crippen LogP contribution < -0.4 is 10.9 Å². The van der Waals surface area contributed by atoms with Crippen LogP contribution in [0.4, 0.5) is 13.6 Å². The summed E-state index contributed by atoms with van der Waals surface area (Å²) in [6.07, 6.45) is 4.21. The van der Waals surface area contributed by atoms with Crippen LogP contribution in [0.1, 0.15) is 54.0 Å². The fraction of sp³-hybridized carbons (Fsp3) is 0.294. The molecule has 3 aromatic carbocycles. The highest BCUT2D eigenvalue weighted by molar-refractivity contribution is 5.88. The van der Waals surface area contributed by atoms with Crippen LogP contribution in [-0.2, 0) is 13.5 Å². The number of carbonyl (C=O) groups excluding carboxylic acids is 1. The maximum atomic E-state index is 15.6. The van der Waals surface area contributed by atoms with E-state index >= 15 is 4.39 Å². The SMILES string of the molecule is Cn1c(=O)c(C(c2cc(F)ccc2F)c2[nH]c3ccccc3c2CCCNC(=O)N2CCCCC2)c(O)c2ccccc21. The van der Waals surface area contributed by atoms with Gasteiger partial charge in [-0.25, -0.2) is 13.6 Å². The first kappa shape index (κ1) is 28.5. The van der Waals surface area contributed by atoms with E-state index in [1.807, 2.05) is 29.2 Å². The third-order valence-corrected chi connectivity index (χ3v) is 8.53. The molecule has 0 saturated carbocycles. The van der Waals surface area contributed by atoms with Crippen molar-refractivity contribution in [2.24, 2.45) is 7.05 Å². The molecule has 1 aliphatic rings. The fourth-order valence-electron chi connectivity index (χ4n) is 6.36. The predicted molar refractivity (Wildman–Crippen MR) is 164 cm³/mol. The minimum absolute atomic E-state index is 0.0445. The zero-order chi connectivity index (χ0) is 30.1. The first-order chi connectivity index (χ1) is 20.8. The lowest BCUT2D eigenvalue weighted by Gasteiger charge is -2.26. The Morgan fingerprint density at radius 1 is 1.00 bits per heavy atom. The predicted octanol–water partition coefficient (Wildman–Crippen LogP) is 6.31. The highest BCUT2D eigenvalue weighted by atomic mass is 19.1. The second-order valence-corrected chi connectivity index (χ2v) is 11.2. The van der Waals surface area contributed by atoms with Crippen molar-refractivity contribution in [1.29, 1.82) is 0 Å². The molecule has 43 heavy (non-hydrogen) atoms. The molecule has 2 aromatic heterocycles. The fourth-order valence-corrected chi connectivity index (χ4v) is 6.36. The summed E-state index contributed by atoms with van der Waals surface area (Å²) in [7, 11) is 1.60. The molecular formula is C34H34F2N4O3. The molecule has 5 aromatic rings. The van der Waals surface area contributed by atoms with Crippen LogP contribution in [0, 0.1) is 11.6 Å². The van der Waals surface area contributed by atoms with Gasteiger partial charge in [0, 0.05) is 54.2 Å². The number of aromatic nitrogens is 2. The Morgan fingerprint density at radius 3 is 2.51 bits per heavy atom. The molecule has 1 aliphatic heterocycles. The van der Waals surface area contributed by atoms with Crippen molar-refractivity contribution >= 4 is 27.8 Å². The Morgan fingerprint density at radius 2 is 1.72 bits per heavy atom. The van der Waals surface area contributed by atoms with Crippen LogP contribution in [0.5, 0.6) is 5.75 Å². The van der Waals surface area contributed by atoms with Crippen molar-refractivity contribution in [1.82, 2.24) is 19.8 Å². The molecule has 0 radical (unpaired) electrons. The average molecular weight is 585 g/mol. The van der Waals surface area contributed by atoms with Crippen LogP contribution in [0.25, 0.3) is 21.8 Å². The molecule has 0 bridgehead atoms. The lowest BCUT2D eigenvalue weighted by molar-refractivity contribution is 0.186. The Balaban J connectivity index is 1.47. The first-order valence-electron chi connectivity index (χ1n) is 14.7. The van der Waals surface area contributed by atoms with E-state index < -0.39 is 23.1 Å². The molecule has 1 unspecified atom stereocenters. The van der Waals surface area contributed by atoms with Gasteiger partial charge in [0.1, 0.15) is 17.4 Å². The largest absolute Gasteiger partial charge is 0.507 e. The molecule has 0 spiro atoms. The van der Waals surface area contributed by atoms with E-state index in [-0.39, 0.29) is 22.9 Å². The number of piperidine rings is 1. The molecule has 0 aliphatic carbocycles. The first-order valence-corrected chi connectivity index (χ1v) is 14.7. The maximum Gasteiger partial charge on any atom is 0.317 e. The molecule has 3 N–H and O–H groups in total. The number of carbonyl (C=O) groups is 1. The number of aryl methyl sites for hydroxylation is 2. The van der Waals surface area contributed by atoms with Gasteiger partial charge in [0.25, 0.3) is 5.56 Å². The lowest BCUT2D eigenvalue weighted by atomic mass is 9.84. The number of benzene rings is 3. The highest BCUT2D eigenvalue weighted by Crippen LogP contribution is 2.42. The monoisotopic (exact) mass is 584 g/mol. The number of rotatable bonds is 7. The van der Waals surface area contributed by atoms with Gasteiger partial charge >= 0.3 is 6.03 Å². The Bertz CT molecular complexity index is 1870. The van der Waals surface area contributed by atoms with Crippen molar-refractivity contribution in [3.05, 3.63) is 111 Å². The third-order valence-electron chi connectivity index (χ3n) is 8.53. The molecule has 3 heterocycles. The number of hydrogen-bond donors (Lipinski definition) is 3. The van der Waals surface area contributed by atoms with Crippen molar-refractivity contribution in [3.8, 4) is 5.75 Å². The summed E-state index contributed by atoms with van der Waals surface area (Å²) in [5.41, 5.74) is 1.98. The van der Waals surface area contributed by atoms with Crippen LogP contribution in [0.15, 0.2) is 71.5 Å². The summed E-state index contributed by atoms with van der Waals surface area (Å²) < 4.78 is 31.7. The number of amides is 2. The molecule has 1 fully saturated rings.